The molecule has 2 nitrogen and oxygen atoms in total. The Morgan fingerprint density at radius 2 is 2.46 bits per heavy atom. The summed E-state index contributed by atoms with van der Waals surface area (Å²) in [6.45, 7) is 0. The molecule has 70 valence electrons. The van der Waals surface area contributed by atoms with E-state index in [0.29, 0.717) is 12.0 Å². The van der Waals surface area contributed by atoms with Gasteiger partial charge in [-0.3, -0.25) is 0 Å². The summed E-state index contributed by atoms with van der Waals surface area (Å²) in [5.41, 5.74) is 1.60. The molecule has 1 aromatic rings. The highest BCUT2D eigenvalue weighted by Crippen LogP contribution is 2.31. The van der Waals surface area contributed by atoms with Gasteiger partial charge in [-0.2, -0.15) is 0 Å². The molecule has 1 unspecified atom stereocenters. The van der Waals surface area contributed by atoms with E-state index in [9.17, 15) is 4.39 Å². The summed E-state index contributed by atoms with van der Waals surface area (Å²) in [4.78, 5) is 8.37. The van der Waals surface area contributed by atoms with E-state index in [2.05, 4.69) is 9.97 Å². The van der Waals surface area contributed by atoms with Crippen LogP contribution in [0.5, 0.6) is 0 Å². The largest absolute Gasteiger partial charge is 0.242 e. The molecular formula is C9H11FN2S. The maximum Gasteiger partial charge on any atom is 0.187 e. The molecule has 4 heteroatoms. The lowest BCUT2D eigenvalue weighted by atomic mass is 9.96. The lowest BCUT2D eigenvalue weighted by Gasteiger charge is -2.17. The third-order valence-corrected chi connectivity index (χ3v) is 2.83. The van der Waals surface area contributed by atoms with E-state index >= 15 is 0 Å². The molecule has 1 atom stereocenters. The fraction of sp³-hybridized carbons (Fsp3) is 0.556. The molecule has 0 saturated carbocycles. The lowest BCUT2D eigenvalue weighted by Crippen LogP contribution is -2.09. The van der Waals surface area contributed by atoms with Crippen molar-refractivity contribution in [3.8, 4) is 0 Å². The van der Waals surface area contributed by atoms with Crippen molar-refractivity contribution in [1.82, 2.24) is 9.97 Å². The molecule has 0 amide bonds. The highest BCUT2D eigenvalue weighted by Gasteiger charge is 2.21. The van der Waals surface area contributed by atoms with Crippen molar-refractivity contribution in [3.63, 3.8) is 0 Å². The third kappa shape index (κ3) is 1.68. The molecule has 0 fully saturated rings. The topological polar surface area (TPSA) is 25.8 Å². The maximum atomic E-state index is 13.3. The van der Waals surface area contributed by atoms with Crippen molar-refractivity contribution >= 4 is 11.8 Å². The van der Waals surface area contributed by atoms with Gasteiger partial charge in [0, 0.05) is 11.8 Å². The van der Waals surface area contributed by atoms with Gasteiger partial charge in [0.2, 0.25) is 0 Å². The second-order valence-corrected chi connectivity index (χ2v) is 3.89. The number of rotatable bonds is 1. The highest BCUT2D eigenvalue weighted by molar-refractivity contribution is 7.98. The normalized spacial score (nSPS) is 21.2. The van der Waals surface area contributed by atoms with E-state index in [4.69, 9.17) is 0 Å². The molecule has 1 aromatic heterocycles. The predicted molar refractivity (Wildman–Crippen MR) is 50.6 cm³/mol. The molecule has 1 aliphatic rings. The molecule has 1 aliphatic carbocycles. The van der Waals surface area contributed by atoms with Crippen molar-refractivity contribution in [1.29, 1.82) is 0 Å². The van der Waals surface area contributed by atoms with Gasteiger partial charge >= 0.3 is 0 Å². The van der Waals surface area contributed by atoms with Gasteiger partial charge in [-0.25, -0.2) is 14.4 Å². The summed E-state index contributed by atoms with van der Waals surface area (Å²) in [5, 5.41) is 0.743. The Bertz CT molecular complexity index is 316. The second kappa shape index (κ2) is 3.62. The molecule has 0 bridgehead atoms. The smallest absolute Gasteiger partial charge is 0.187 e. The molecule has 0 radical (unpaired) electrons. The van der Waals surface area contributed by atoms with E-state index in [1.54, 1.807) is 6.20 Å². The molecule has 0 saturated heterocycles. The number of halogens is 1. The van der Waals surface area contributed by atoms with Gasteiger partial charge in [0.15, 0.2) is 5.16 Å². The SMILES string of the molecule is CSc1ncc2c(n1)CCCC2F. The van der Waals surface area contributed by atoms with Crippen LogP contribution in [0.25, 0.3) is 0 Å². The number of aryl methyl sites for hydroxylation is 1. The number of alkyl halides is 1. The van der Waals surface area contributed by atoms with Gasteiger partial charge in [0.25, 0.3) is 0 Å². The first kappa shape index (κ1) is 8.94. The van der Waals surface area contributed by atoms with Gasteiger partial charge in [0.1, 0.15) is 6.17 Å². The zero-order chi connectivity index (χ0) is 9.26. The zero-order valence-corrected chi connectivity index (χ0v) is 8.27. The molecule has 0 aliphatic heterocycles. The number of nitrogens with zero attached hydrogens (tertiary/aromatic N) is 2. The Hall–Kier alpha value is -0.640. The van der Waals surface area contributed by atoms with Crippen LogP contribution in [-0.2, 0) is 6.42 Å². The number of hydrogen-bond acceptors (Lipinski definition) is 3. The van der Waals surface area contributed by atoms with Crippen molar-refractivity contribution < 1.29 is 4.39 Å². The standard InChI is InChI=1S/C9H11FN2S/c1-13-9-11-5-6-7(10)3-2-4-8(6)12-9/h5,7H,2-4H2,1H3. The first-order chi connectivity index (χ1) is 6.31. The van der Waals surface area contributed by atoms with Gasteiger partial charge < -0.3 is 0 Å². The van der Waals surface area contributed by atoms with Crippen LogP contribution in [0.3, 0.4) is 0 Å². The van der Waals surface area contributed by atoms with E-state index in [0.717, 1.165) is 23.7 Å². The Labute approximate surface area is 81.0 Å². The molecule has 13 heavy (non-hydrogen) atoms. The van der Waals surface area contributed by atoms with Crippen LogP contribution < -0.4 is 0 Å². The highest BCUT2D eigenvalue weighted by atomic mass is 32.2. The quantitative estimate of drug-likeness (QED) is 0.512. The number of fused-ring (bicyclic) bond motifs is 1. The molecule has 0 N–H and O–H groups in total. The van der Waals surface area contributed by atoms with Crippen LogP contribution in [0.2, 0.25) is 0 Å². The van der Waals surface area contributed by atoms with Crippen molar-refractivity contribution in [3.05, 3.63) is 17.5 Å². The minimum absolute atomic E-state index is 0.620. The Kier molecular flexibility index (Phi) is 2.49. The minimum Gasteiger partial charge on any atom is -0.242 e. The average Bonchev–Trinajstić information content (AvgIpc) is 2.18. The predicted octanol–water partition coefficient (Wildman–Crippen LogP) is 2.55. The van der Waals surface area contributed by atoms with Gasteiger partial charge in [-0.1, -0.05) is 11.8 Å². The molecule has 1 heterocycles. The van der Waals surface area contributed by atoms with Crippen LogP contribution in [0.1, 0.15) is 30.3 Å². The Balaban J connectivity index is 2.39. The molecule has 0 aromatic carbocycles. The van der Waals surface area contributed by atoms with Crippen LogP contribution in [-0.4, -0.2) is 16.2 Å². The van der Waals surface area contributed by atoms with E-state index in [1.165, 1.54) is 11.8 Å². The summed E-state index contributed by atoms with van der Waals surface area (Å²) in [7, 11) is 0. The van der Waals surface area contributed by atoms with Gasteiger partial charge in [-0.15, -0.1) is 0 Å². The Morgan fingerprint density at radius 1 is 1.62 bits per heavy atom. The van der Waals surface area contributed by atoms with E-state index < -0.39 is 6.17 Å². The summed E-state index contributed by atoms with van der Waals surface area (Å²) < 4.78 is 13.3. The van der Waals surface area contributed by atoms with Gasteiger partial charge in [-0.05, 0) is 25.5 Å². The monoisotopic (exact) mass is 198 g/mol. The van der Waals surface area contributed by atoms with Crippen LogP contribution in [0.4, 0.5) is 4.39 Å². The van der Waals surface area contributed by atoms with Crippen LogP contribution >= 0.6 is 11.8 Å². The van der Waals surface area contributed by atoms with Gasteiger partial charge in [0.05, 0.1) is 5.69 Å². The number of thioether (sulfide) groups is 1. The maximum absolute atomic E-state index is 13.3. The number of hydrogen-bond donors (Lipinski definition) is 0. The molecular weight excluding hydrogens is 187 g/mol. The third-order valence-electron chi connectivity index (χ3n) is 2.27. The summed E-state index contributed by atoms with van der Waals surface area (Å²) in [6, 6.07) is 0. The Morgan fingerprint density at radius 3 is 3.23 bits per heavy atom. The lowest BCUT2D eigenvalue weighted by molar-refractivity contribution is 0.298. The second-order valence-electron chi connectivity index (χ2n) is 3.12. The fourth-order valence-corrected chi connectivity index (χ4v) is 1.93. The minimum atomic E-state index is -0.848. The molecule has 2 rings (SSSR count). The first-order valence-electron chi connectivity index (χ1n) is 4.35. The summed E-state index contributed by atoms with van der Waals surface area (Å²) in [5.74, 6) is 0. The summed E-state index contributed by atoms with van der Waals surface area (Å²) in [6.07, 6.45) is 5.13. The van der Waals surface area contributed by atoms with Crippen LogP contribution in [0, 0.1) is 0 Å². The van der Waals surface area contributed by atoms with Crippen molar-refractivity contribution in [2.24, 2.45) is 0 Å². The average molecular weight is 198 g/mol. The van der Waals surface area contributed by atoms with Crippen molar-refractivity contribution in [2.45, 2.75) is 30.6 Å². The van der Waals surface area contributed by atoms with Crippen molar-refractivity contribution in [2.75, 3.05) is 6.26 Å². The summed E-state index contributed by atoms with van der Waals surface area (Å²) >= 11 is 1.50. The zero-order valence-electron chi connectivity index (χ0n) is 7.46. The van der Waals surface area contributed by atoms with Crippen LogP contribution in [0.15, 0.2) is 11.4 Å². The van der Waals surface area contributed by atoms with E-state index in [1.807, 2.05) is 6.26 Å². The number of aromatic nitrogens is 2. The molecule has 0 spiro atoms. The first-order valence-corrected chi connectivity index (χ1v) is 5.57. The van der Waals surface area contributed by atoms with E-state index in [-0.39, 0.29) is 0 Å². The fourth-order valence-electron chi connectivity index (χ4n) is 1.57.